The zero-order chi connectivity index (χ0) is 6.74. The van der Waals surface area contributed by atoms with Crippen molar-refractivity contribution < 1.29 is 9.09 Å². The van der Waals surface area contributed by atoms with Crippen LogP contribution in [0.1, 0.15) is 12.8 Å². The van der Waals surface area contributed by atoms with Crippen molar-refractivity contribution in [2.24, 2.45) is 0 Å². The summed E-state index contributed by atoms with van der Waals surface area (Å²) in [5.41, 5.74) is 0. The number of rotatable bonds is 0. The van der Waals surface area contributed by atoms with Crippen LogP contribution in [0, 0.1) is 0 Å². The monoisotopic (exact) mass is 149 g/mol. The second kappa shape index (κ2) is 2.82. The smallest absolute Gasteiger partial charge is 0.266 e. The molecular weight excluding hydrogens is 137 g/mol. The molecule has 0 aromatic rings. The molecule has 0 bridgehead atoms. The van der Waals surface area contributed by atoms with Gasteiger partial charge in [-0.1, -0.05) is 0 Å². The molecule has 0 saturated carbocycles. The van der Waals surface area contributed by atoms with Gasteiger partial charge in [0.1, 0.15) is 0 Å². The molecule has 1 saturated heterocycles. The van der Waals surface area contributed by atoms with Crippen LogP contribution in [-0.2, 0) is 9.09 Å². The van der Waals surface area contributed by atoms with E-state index in [1.807, 2.05) is 0 Å². The molecule has 1 rings (SSSR count). The lowest BCUT2D eigenvalue weighted by molar-refractivity contribution is 0.316. The lowest BCUT2D eigenvalue weighted by Gasteiger charge is -2.09. The second-order valence-electron chi connectivity index (χ2n) is 2.29. The molecule has 0 spiro atoms. The highest BCUT2D eigenvalue weighted by Gasteiger charge is 2.16. The molecule has 9 heavy (non-hydrogen) atoms. The predicted molar refractivity (Wildman–Crippen MR) is 36.7 cm³/mol. The van der Waals surface area contributed by atoms with E-state index in [1.54, 1.807) is 6.66 Å². The summed E-state index contributed by atoms with van der Waals surface area (Å²) >= 11 is 0. The van der Waals surface area contributed by atoms with Crippen LogP contribution in [0.15, 0.2) is 0 Å². The molecule has 54 valence electrons. The minimum Gasteiger partial charge on any atom is -0.318 e. The molecule has 1 unspecified atom stereocenters. The Morgan fingerprint density at radius 1 is 1.56 bits per heavy atom. The van der Waals surface area contributed by atoms with E-state index < -0.39 is 7.52 Å². The van der Waals surface area contributed by atoms with Gasteiger partial charge in [0.2, 0.25) is 0 Å². The van der Waals surface area contributed by atoms with Gasteiger partial charge in [0.15, 0.2) is 0 Å². The summed E-state index contributed by atoms with van der Waals surface area (Å²) in [6.07, 6.45) is 2.09. The molecule has 1 heterocycles. The minimum absolute atomic E-state index is 0.640. The van der Waals surface area contributed by atoms with Gasteiger partial charge in [0, 0.05) is 13.2 Å². The van der Waals surface area contributed by atoms with Crippen molar-refractivity contribution in [3.8, 4) is 0 Å². The third-order valence-corrected chi connectivity index (χ3v) is 2.78. The van der Waals surface area contributed by atoms with Crippen LogP contribution in [0.2, 0.25) is 0 Å². The summed E-state index contributed by atoms with van der Waals surface area (Å²) in [7, 11) is -2.38. The SMILES string of the molecule is CP1(=O)NCCCCO1. The van der Waals surface area contributed by atoms with Crippen molar-refractivity contribution in [3.63, 3.8) is 0 Å². The first-order chi connectivity index (χ1) is 4.21. The number of hydrogen-bond donors (Lipinski definition) is 1. The van der Waals surface area contributed by atoms with Crippen molar-refractivity contribution in [2.45, 2.75) is 12.8 Å². The summed E-state index contributed by atoms with van der Waals surface area (Å²) < 4.78 is 16.2. The van der Waals surface area contributed by atoms with Crippen LogP contribution < -0.4 is 5.09 Å². The molecule has 4 heteroatoms. The first kappa shape index (κ1) is 7.26. The maximum Gasteiger partial charge on any atom is 0.266 e. The van der Waals surface area contributed by atoms with Gasteiger partial charge in [0.25, 0.3) is 7.52 Å². The molecule has 1 aliphatic rings. The van der Waals surface area contributed by atoms with Crippen LogP contribution in [0.25, 0.3) is 0 Å². The average molecular weight is 149 g/mol. The molecule has 1 aliphatic heterocycles. The van der Waals surface area contributed by atoms with Gasteiger partial charge in [-0.05, 0) is 12.8 Å². The quantitative estimate of drug-likeness (QED) is 0.526. The molecule has 0 aliphatic carbocycles. The summed E-state index contributed by atoms with van der Waals surface area (Å²) in [5, 5.41) is 2.85. The minimum atomic E-state index is -2.38. The Balaban J connectivity index is 2.45. The first-order valence-corrected chi connectivity index (χ1v) is 5.25. The highest BCUT2D eigenvalue weighted by atomic mass is 31.2. The van der Waals surface area contributed by atoms with Gasteiger partial charge in [-0.25, -0.2) is 5.09 Å². The second-order valence-corrected chi connectivity index (χ2v) is 4.56. The number of nitrogens with one attached hydrogen (secondary N) is 1. The van der Waals surface area contributed by atoms with Crippen LogP contribution in [-0.4, -0.2) is 19.8 Å². The van der Waals surface area contributed by atoms with E-state index in [1.165, 1.54) is 0 Å². The fourth-order valence-corrected chi connectivity index (χ4v) is 1.93. The van der Waals surface area contributed by atoms with Crippen molar-refractivity contribution in [2.75, 3.05) is 19.8 Å². The lowest BCUT2D eigenvalue weighted by Crippen LogP contribution is -2.08. The average Bonchev–Trinajstić information content (AvgIpc) is 1.92. The van der Waals surface area contributed by atoms with Crippen LogP contribution in [0.4, 0.5) is 0 Å². The van der Waals surface area contributed by atoms with Gasteiger partial charge < -0.3 is 4.52 Å². The van der Waals surface area contributed by atoms with E-state index in [0.717, 1.165) is 19.4 Å². The molecule has 1 N–H and O–H groups in total. The summed E-state index contributed by atoms with van der Waals surface area (Å²) in [4.78, 5) is 0. The fraction of sp³-hybridized carbons (Fsp3) is 1.00. The highest BCUT2D eigenvalue weighted by molar-refractivity contribution is 7.56. The van der Waals surface area contributed by atoms with Crippen molar-refractivity contribution in [1.82, 2.24) is 5.09 Å². The maximum absolute atomic E-state index is 11.1. The van der Waals surface area contributed by atoms with Gasteiger partial charge in [-0.2, -0.15) is 0 Å². The topological polar surface area (TPSA) is 38.3 Å². The molecule has 1 atom stereocenters. The largest absolute Gasteiger partial charge is 0.318 e. The zero-order valence-electron chi connectivity index (χ0n) is 5.59. The normalized spacial score (nSPS) is 37.9. The number of hydrogen-bond acceptors (Lipinski definition) is 2. The lowest BCUT2D eigenvalue weighted by atomic mass is 10.3. The summed E-state index contributed by atoms with van der Waals surface area (Å²) in [6, 6.07) is 0. The van der Waals surface area contributed by atoms with Crippen molar-refractivity contribution in [3.05, 3.63) is 0 Å². The molecule has 3 nitrogen and oxygen atoms in total. The van der Waals surface area contributed by atoms with Gasteiger partial charge in [-0.3, -0.25) is 4.57 Å². The van der Waals surface area contributed by atoms with Crippen LogP contribution in [0.5, 0.6) is 0 Å². The van der Waals surface area contributed by atoms with Gasteiger partial charge in [-0.15, -0.1) is 0 Å². The molecular formula is C5H12NO2P. The van der Waals surface area contributed by atoms with Gasteiger partial charge in [0.05, 0.1) is 6.61 Å². The molecule has 0 aromatic carbocycles. The molecule has 0 aromatic heterocycles. The Bertz CT molecular complexity index is 125. The van der Waals surface area contributed by atoms with Gasteiger partial charge >= 0.3 is 0 Å². The van der Waals surface area contributed by atoms with E-state index in [2.05, 4.69) is 5.09 Å². The van der Waals surface area contributed by atoms with Crippen molar-refractivity contribution >= 4 is 7.52 Å². The standard InChI is InChI=1S/C5H12NO2P/c1-9(7)6-4-2-3-5-8-9/h2-5H2,1H3,(H,6,7). The first-order valence-electron chi connectivity index (χ1n) is 3.18. The van der Waals surface area contributed by atoms with Crippen molar-refractivity contribution in [1.29, 1.82) is 0 Å². The zero-order valence-corrected chi connectivity index (χ0v) is 6.49. The fourth-order valence-electron chi connectivity index (χ4n) is 0.794. The van der Waals surface area contributed by atoms with E-state index in [0.29, 0.717) is 6.61 Å². The van der Waals surface area contributed by atoms with E-state index >= 15 is 0 Å². The van der Waals surface area contributed by atoms with E-state index in [9.17, 15) is 4.57 Å². The Hall–Kier alpha value is 0.150. The maximum atomic E-state index is 11.1. The summed E-state index contributed by atoms with van der Waals surface area (Å²) in [6.45, 7) is 3.09. The van der Waals surface area contributed by atoms with Crippen LogP contribution in [0.3, 0.4) is 0 Å². The Kier molecular flexibility index (Phi) is 2.28. The third-order valence-electron chi connectivity index (χ3n) is 1.31. The Morgan fingerprint density at radius 2 is 2.33 bits per heavy atom. The molecule has 1 fully saturated rings. The third kappa shape index (κ3) is 2.48. The van der Waals surface area contributed by atoms with E-state index in [-0.39, 0.29) is 0 Å². The summed E-state index contributed by atoms with van der Waals surface area (Å²) in [5.74, 6) is 0. The highest BCUT2D eigenvalue weighted by Crippen LogP contribution is 2.38. The van der Waals surface area contributed by atoms with E-state index in [4.69, 9.17) is 4.52 Å². The Morgan fingerprint density at radius 3 is 3.11 bits per heavy atom. The Labute approximate surface area is 55.3 Å². The molecule has 0 radical (unpaired) electrons. The van der Waals surface area contributed by atoms with Crippen LogP contribution >= 0.6 is 7.52 Å². The predicted octanol–water partition coefficient (Wildman–Crippen LogP) is 1.21. The molecule has 0 amide bonds.